The standard InChI is InChI=1S/C22H20N2O2S/c1-23-21(25)17-11-13-19(14-12-17)24-22(26)18-9-7-16(8-10-18)15-27-20-5-3-2-4-6-20/h2-14H,15H2,1H3,(H,23,25)(H,24,26). The van der Waals surface area contributed by atoms with Gasteiger partial charge in [-0.1, -0.05) is 30.3 Å². The van der Waals surface area contributed by atoms with E-state index < -0.39 is 0 Å². The minimum atomic E-state index is -0.176. The fourth-order valence-corrected chi connectivity index (χ4v) is 3.36. The molecule has 0 aromatic heterocycles. The second-order valence-corrected chi connectivity index (χ2v) is 6.96. The van der Waals surface area contributed by atoms with Crippen LogP contribution in [0.5, 0.6) is 0 Å². The molecule has 3 rings (SSSR count). The largest absolute Gasteiger partial charge is 0.355 e. The number of benzene rings is 3. The molecule has 0 aliphatic heterocycles. The molecule has 0 bridgehead atoms. The molecule has 0 radical (unpaired) electrons. The maximum absolute atomic E-state index is 12.4. The third-order valence-corrected chi connectivity index (χ3v) is 5.08. The van der Waals surface area contributed by atoms with Crippen molar-refractivity contribution >= 4 is 29.3 Å². The molecule has 0 atom stereocenters. The van der Waals surface area contributed by atoms with Gasteiger partial charge in [0.15, 0.2) is 0 Å². The monoisotopic (exact) mass is 376 g/mol. The van der Waals surface area contributed by atoms with Gasteiger partial charge in [0.05, 0.1) is 0 Å². The van der Waals surface area contributed by atoms with E-state index >= 15 is 0 Å². The van der Waals surface area contributed by atoms with Crippen molar-refractivity contribution in [2.24, 2.45) is 0 Å². The van der Waals surface area contributed by atoms with E-state index in [-0.39, 0.29) is 11.8 Å². The highest BCUT2D eigenvalue weighted by molar-refractivity contribution is 7.98. The van der Waals surface area contributed by atoms with Crippen molar-refractivity contribution in [1.82, 2.24) is 5.32 Å². The van der Waals surface area contributed by atoms with Crippen LogP contribution in [0.4, 0.5) is 5.69 Å². The lowest BCUT2D eigenvalue weighted by Gasteiger charge is -2.07. The summed E-state index contributed by atoms with van der Waals surface area (Å²) >= 11 is 1.76. The van der Waals surface area contributed by atoms with Crippen LogP contribution in [0.15, 0.2) is 83.8 Å². The molecular weight excluding hydrogens is 356 g/mol. The van der Waals surface area contributed by atoms with Gasteiger partial charge in [0.25, 0.3) is 11.8 Å². The zero-order valence-corrected chi connectivity index (χ0v) is 15.8. The Labute approximate surface area is 163 Å². The van der Waals surface area contributed by atoms with E-state index in [1.165, 1.54) is 4.90 Å². The van der Waals surface area contributed by atoms with Gasteiger partial charge in [-0.15, -0.1) is 11.8 Å². The summed E-state index contributed by atoms with van der Waals surface area (Å²) in [5, 5.41) is 5.41. The highest BCUT2D eigenvalue weighted by Gasteiger charge is 2.08. The van der Waals surface area contributed by atoms with E-state index in [0.717, 1.165) is 11.3 Å². The Balaban J connectivity index is 1.58. The van der Waals surface area contributed by atoms with Gasteiger partial charge in [-0.2, -0.15) is 0 Å². The van der Waals surface area contributed by atoms with Gasteiger partial charge < -0.3 is 10.6 Å². The maximum Gasteiger partial charge on any atom is 0.255 e. The SMILES string of the molecule is CNC(=O)c1ccc(NC(=O)c2ccc(CSc3ccccc3)cc2)cc1. The molecule has 3 aromatic carbocycles. The third-order valence-electron chi connectivity index (χ3n) is 4.00. The zero-order valence-electron chi connectivity index (χ0n) is 14.9. The molecule has 4 nitrogen and oxygen atoms in total. The predicted molar refractivity (Wildman–Crippen MR) is 110 cm³/mol. The van der Waals surface area contributed by atoms with Gasteiger partial charge in [-0.05, 0) is 54.1 Å². The molecule has 0 aliphatic rings. The van der Waals surface area contributed by atoms with E-state index in [2.05, 4.69) is 22.8 Å². The number of carbonyl (C=O) groups is 2. The van der Waals surface area contributed by atoms with Crippen LogP contribution < -0.4 is 10.6 Å². The minimum Gasteiger partial charge on any atom is -0.355 e. The molecule has 0 unspecified atom stereocenters. The number of hydrogen-bond acceptors (Lipinski definition) is 3. The Morgan fingerprint density at radius 1 is 0.778 bits per heavy atom. The van der Waals surface area contributed by atoms with Gasteiger partial charge in [-0.3, -0.25) is 9.59 Å². The van der Waals surface area contributed by atoms with Crippen molar-refractivity contribution < 1.29 is 9.59 Å². The molecule has 0 saturated carbocycles. The highest BCUT2D eigenvalue weighted by atomic mass is 32.2. The first-order chi connectivity index (χ1) is 13.2. The number of rotatable bonds is 6. The Kier molecular flexibility index (Phi) is 6.28. The topological polar surface area (TPSA) is 58.2 Å². The Hall–Kier alpha value is -3.05. The van der Waals surface area contributed by atoms with Crippen LogP contribution in [0.2, 0.25) is 0 Å². The minimum absolute atomic E-state index is 0.156. The summed E-state index contributed by atoms with van der Waals surface area (Å²) in [6.07, 6.45) is 0. The second kappa shape index (κ2) is 9.05. The maximum atomic E-state index is 12.4. The van der Waals surface area contributed by atoms with E-state index in [0.29, 0.717) is 16.8 Å². The normalized spacial score (nSPS) is 10.3. The van der Waals surface area contributed by atoms with Crippen molar-refractivity contribution in [3.63, 3.8) is 0 Å². The fourth-order valence-electron chi connectivity index (χ4n) is 2.49. The quantitative estimate of drug-likeness (QED) is 0.619. The van der Waals surface area contributed by atoms with Gasteiger partial charge >= 0.3 is 0 Å². The van der Waals surface area contributed by atoms with Crippen LogP contribution in [0.1, 0.15) is 26.3 Å². The van der Waals surface area contributed by atoms with Crippen LogP contribution in [0.3, 0.4) is 0 Å². The summed E-state index contributed by atoms with van der Waals surface area (Å²) in [6.45, 7) is 0. The number of carbonyl (C=O) groups excluding carboxylic acids is 2. The number of nitrogens with one attached hydrogen (secondary N) is 2. The van der Waals surface area contributed by atoms with Crippen LogP contribution in [0.25, 0.3) is 0 Å². The lowest BCUT2D eigenvalue weighted by atomic mass is 10.1. The van der Waals surface area contributed by atoms with Crippen molar-refractivity contribution in [1.29, 1.82) is 0 Å². The van der Waals surface area contributed by atoms with Gasteiger partial charge in [0.2, 0.25) is 0 Å². The van der Waals surface area contributed by atoms with Crippen LogP contribution in [-0.4, -0.2) is 18.9 Å². The molecule has 5 heteroatoms. The number of hydrogen-bond donors (Lipinski definition) is 2. The highest BCUT2D eigenvalue weighted by Crippen LogP contribution is 2.22. The molecule has 27 heavy (non-hydrogen) atoms. The number of amides is 2. The van der Waals surface area contributed by atoms with E-state index in [1.54, 1.807) is 43.1 Å². The molecular formula is C22H20N2O2S. The second-order valence-electron chi connectivity index (χ2n) is 5.91. The molecule has 0 spiro atoms. The lowest BCUT2D eigenvalue weighted by molar-refractivity contribution is 0.0962. The Bertz CT molecular complexity index is 907. The van der Waals surface area contributed by atoms with Crippen molar-refractivity contribution in [3.8, 4) is 0 Å². The average Bonchev–Trinajstić information content (AvgIpc) is 2.73. The first-order valence-electron chi connectivity index (χ1n) is 8.56. The first kappa shape index (κ1) is 18.7. The predicted octanol–water partition coefficient (Wildman–Crippen LogP) is 4.59. The smallest absolute Gasteiger partial charge is 0.255 e. The van der Waals surface area contributed by atoms with Gasteiger partial charge in [0.1, 0.15) is 0 Å². The molecule has 3 aromatic rings. The van der Waals surface area contributed by atoms with Gasteiger partial charge in [-0.25, -0.2) is 0 Å². The molecule has 2 amide bonds. The third kappa shape index (κ3) is 5.21. The van der Waals surface area contributed by atoms with Crippen LogP contribution in [0, 0.1) is 0 Å². The molecule has 0 fully saturated rings. The van der Waals surface area contributed by atoms with Crippen LogP contribution >= 0.6 is 11.8 Å². The lowest BCUT2D eigenvalue weighted by Crippen LogP contribution is -2.17. The van der Waals surface area contributed by atoms with Crippen molar-refractivity contribution in [2.75, 3.05) is 12.4 Å². The summed E-state index contributed by atoms with van der Waals surface area (Å²) < 4.78 is 0. The number of thioether (sulfide) groups is 1. The van der Waals surface area contributed by atoms with Gasteiger partial charge in [0, 0.05) is 34.5 Å². The van der Waals surface area contributed by atoms with E-state index in [4.69, 9.17) is 0 Å². The Morgan fingerprint density at radius 2 is 1.37 bits per heavy atom. The zero-order chi connectivity index (χ0) is 19.1. The van der Waals surface area contributed by atoms with Crippen molar-refractivity contribution in [3.05, 3.63) is 95.6 Å². The molecule has 2 N–H and O–H groups in total. The van der Waals surface area contributed by atoms with E-state index in [9.17, 15) is 9.59 Å². The molecule has 136 valence electrons. The molecule has 0 heterocycles. The summed E-state index contributed by atoms with van der Waals surface area (Å²) in [5.74, 6) is 0.522. The molecule has 0 saturated heterocycles. The first-order valence-corrected chi connectivity index (χ1v) is 9.54. The summed E-state index contributed by atoms with van der Waals surface area (Å²) in [7, 11) is 1.58. The summed E-state index contributed by atoms with van der Waals surface area (Å²) in [6, 6.07) is 24.6. The van der Waals surface area contributed by atoms with Crippen molar-refractivity contribution in [2.45, 2.75) is 10.6 Å². The average molecular weight is 376 g/mol. The van der Waals surface area contributed by atoms with Crippen LogP contribution in [-0.2, 0) is 5.75 Å². The Morgan fingerprint density at radius 3 is 2.00 bits per heavy atom. The summed E-state index contributed by atoms with van der Waals surface area (Å²) in [5.41, 5.74) is 2.96. The number of anilines is 1. The fraction of sp³-hybridized carbons (Fsp3) is 0.0909. The molecule has 0 aliphatic carbocycles. The summed E-state index contributed by atoms with van der Waals surface area (Å²) in [4.78, 5) is 25.1. The van der Waals surface area contributed by atoms with E-state index in [1.807, 2.05) is 42.5 Å².